The van der Waals surface area contributed by atoms with Crippen LogP contribution in [0.25, 0.3) is 0 Å². The number of nitrogens with zero attached hydrogens (tertiary/aromatic N) is 4. The van der Waals surface area contributed by atoms with Gasteiger partial charge in [-0.25, -0.2) is 4.98 Å². The highest BCUT2D eigenvalue weighted by Gasteiger charge is 2.27. The van der Waals surface area contributed by atoms with Gasteiger partial charge in [0.05, 0.1) is 0 Å². The lowest BCUT2D eigenvalue weighted by atomic mass is 9.96. The standard InChI is InChI=1S/C17H23N7O/c18-14(25)11-5-8-24(9-6-11)16-13(2-1-7-19-16)10-20-17-21-15(22-23-17)12-3-4-12/h1-2,7,11-12H,3-6,8-10H2,(H2,18,25)(H2,20,21,22,23). The van der Waals surface area contributed by atoms with Gasteiger partial charge in [-0.05, 0) is 31.7 Å². The number of amides is 1. The molecule has 2 aromatic heterocycles. The number of hydrogen-bond acceptors (Lipinski definition) is 6. The maximum absolute atomic E-state index is 11.3. The first-order chi connectivity index (χ1) is 12.2. The molecule has 0 aromatic carbocycles. The molecule has 0 bridgehead atoms. The van der Waals surface area contributed by atoms with Crippen molar-refractivity contribution in [2.45, 2.75) is 38.1 Å². The summed E-state index contributed by atoms with van der Waals surface area (Å²) in [6.45, 7) is 2.20. The van der Waals surface area contributed by atoms with Crippen LogP contribution in [0.1, 0.15) is 43.0 Å². The lowest BCUT2D eigenvalue weighted by molar-refractivity contribution is -0.122. The van der Waals surface area contributed by atoms with Crippen molar-refractivity contribution in [2.24, 2.45) is 11.7 Å². The quantitative estimate of drug-likeness (QED) is 0.732. The fraction of sp³-hybridized carbons (Fsp3) is 0.529. The maximum atomic E-state index is 11.3. The molecule has 2 aliphatic rings. The highest BCUT2D eigenvalue weighted by atomic mass is 16.1. The van der Waals surface area contributed by atoms with E-state index < -0.39 is 0 Å². The summed E-state index contributed by atoms with van der Waals surface area (Å²) >= 11 is 0. The molecule has 8 nitrogen and oxygen atoms in total. The number of primary amides is 1. The molecule has 0 atom stereocenters. The van der Waals surface area contributed by atoms with Gasteiger partial charge in [-0.2, -0.15) is 4.98 Å². The molecule has 2 fully saturated rings. The van der Waals surface area contributed by atoms with Crippen molar-refractivity contribution in [3.63, 3.8) is 0 Å². The Morgan fingerprint density at radius 2 is 2.12 bits per heavy atom. The fourth-order valence-corrected chi connectivity index (χ4v) is 3.30. The molecule has 1 aliphatic heterocycles. The van der Waals surface area contributed by atoms with Crippen molar-refractivity contribution >= 4 is 17.7 Å². The van der Waals surface area contributed by atoms with Gasteiger partial charge in [0.15, 0.2) is 0 Å². The zero-order valence-electron chi connectivity index (χ0n) is 14.1. The zero-order chi connectivity index (χ0) is 17.2. The van der Waals surface area contributed by atoms with Crippen molar-refractivity contribution in [3.05, 3.63) is 29.7 Å². The second-order valence-corrected chi connectivity index (χ2v) is 6.82. The number of anilines is 2. The van der Waals surface area contributed by atoms with E-state index >= 15 is 0 Å². The van der Waals surface area contributed by atoms with E-state index in [0.717, 1.165) is 43.1 Å². The number of carbonyl (C=O) groups is 1. The fourth-order valence-electron chi connectivity index (χ4n) is 3.30. The largest absolute Gasteiger partial charge is 0.369 e. The summed E-state index contributed by atoms with van der Waals surface area (Å²) in [6.07, 6.45) is 5.76. The van der Waals surface area contributed by atoms with Gasteiger partial charge in [0, 0.05) is 43.2 Å². The molecule has 1 saturated carbocycles. The third-order valence-corrected chi connectivity index (χ3v) is 4.97. The predicted octanol–water partition coefficient (Wildman–Crippen LogP) is 1.39. The van der Waals surface area contributed by atoms with E-state index in [9.17, 15) is 4.79 Å². The van der Waals surface area contributed by atoms with Gasteiger partial charge in [-0.15, -0.1) is 5.10 Å². The normalized spacial score (nSPS) is 18.3. The van der Waals surface area contributed by atoms with Crippen molar-refractivity contribution in [1.82, 2.24) is 20.2 Å². The van der Waals surface area contributed by atoms with Gasteiger partial charge in [-0.1, -0.05) is 6.07 Å². The first-order valence-electron chi connectivity index (χ1n) is 8.85. The van der Waals surface area contributed by atoms with E-state index in [0.29, 0.717) is 18.4 Å². The first kappa shape index (κ1) is 15.9. The van der Waals surface area contributed by atoms with Gasteiger partial charge in [0.2, 0.25) is 11.9 Å². The van der Waals surface area contributed by atoms with Crippen LogP contribution in [0.2, 0.25) is 0 Å². The molecule has 4 N–H and O–H groups in total. The average Bonchev–Trinajstić information content (AvgIpc) is 3.39. The Labute approximate surface area is 146 Å². The van der Waals surface area contributed by atoms with Crippen LogP contribution >= 0.6 is 0 Å². The van der Waals surface area contributed by atoms with Gasteiger partial charge in [-0.3, -0.25) is 9.89 Å². The minimum Gasteiger partial charge on any atom is -0.369 e. The van der Waals surface area contributed by atoms with Crippen LogP contribution in [-0.2, 0) is 11.3 Å². The number of piperidine rings is 1. The monoisotopic (exact) mass is 341 g/mol. The van der Waals surface area contributed by atoms with E-state index in [4.69, 9.17) is 5.73 Å². The van der Waals surface area contributed by atoms with Crippen LogP contribution in [0.15, 0.2) is 18.3 Å². The topological polar surface area (TPSA) is 113 Å². The Kier molecular flexibility index (Phi) is 4.25. The van der Waals surface area contributed by atoms with Gasteiger partial charge >= 0.3 is 0 Å². The number of carbonyl (C=O) groups excluding carboxylic acids is 1. The molecule has 1 amide bonds. The summed E-state index contributed by atoms with van der Waals surface area (Å²) in [5.74, 6) is 2.90. The average molecular weight is 341 g/mol. The molecule has 0 radical (unpaired) electrons. The summed E-state index contributed by atoms with van der Waals surface area (Å²) in [5, 5.41) is 10.5. The number of aromatic amines is 1. The smallest absolute Gasteiger partial charge is 0.242 e. The van der Waals surface area contributed by atoms with E-state index in [-0.39, 0.29) is 11.8 Å². The van der Waals surface area contributed by atoms with Crippen LogP contribution in [0.3, 0.4) is 0 Å². The molecule has 4 rings (SSSR count). The molecule has 132 valence electrons. The van der Waals surface area contributed by atoms with Crippen molar-refractivity contribution < 1.29 is 4.79 Å². The third kappa shape index (κ3) is 3.57. The lowest BCUT2D eigenvalue weighted by Gasteiger charge is -2.32. The molecule has 25 heavy (non-hydrogen) atoms. The highest BCUT2D eigenvalue weighted by molar-refractivity contribution is 5.77. The number of H-pyrrole nitrogens is 1. The number of aromatic nitrogens is 4. The van der Waals surface area contributed by atoms with Gasteiger partial charge in [0.1, 0.15) is 11.6 Å². The van der Waals surface area contributed by atoms with Gasteiger partial charge in [0.25, 0.3) is 0 Å². The highest BCUT2D eigenvalue weighted by Crippen LogP contribution is 2.38. The molecular formula is C17H23N7O. The molecule has 8 heteroatoms. The molecule has 1 saturated heterocycles. The van der Waals surface area contributed by atoms with Crippen LogP contribution in [0.4, 0.5) is 11.8 Å². The second-order valence-electron chi connectivity index (χ2n) is 6.82. The summed E-state index contributed by atoms with van der Waals surface area (Å²) in [7, 11) is 0. The van der Waals surface area contributed by atoms with Crippen LogP contribution < -0.4 is 16.0 Å². The van der Waals surface area contributed by atoms with Crippen LogP contribution in [-0.4, -0.2) is 39.2 Å². The lowest BCUT2D eigenvalue weighted by Crippen LogP contribution is -2.39. The Hall–Kier alpha value is -2.64. The minimum absolute atomic E-state index is 0.0179. The number of nitrogens with one attached hydrogen (secondary N) is 2. The number of nitrogens with two attached hydrogens (primary N) is 1. The summed E-state index contributed by atoms with van der Waals surface area (Å²) in [4.78, 5) is 22.6. The summed E-state index contributed by atoms with van der Waals surface area (Å²) in [5.41, 5.74) is 6.52. The minimum atomic E-state index is -0.196. The maximum Gasteiger partial charge on any atom is 0.242 e. The predicted molar refractivity (Wildman–Crippen MR) is 94.1 cm³/mol. The summed E-state index contributed by atoms with van der Waals surface area (Å²) < 4.78 is 0. The third-order valence-electron chi connectivity index (χ3n) is 4.97. The van der Waals surface area contributed by atoms with E-state index in [1.54, 1.807) is 6.20 Å². The van der Waals surface area contributed by atoms with Crippen LogP contribution in [0.5, 0.6) is 0 Å². The SMILES string of the molecule is NC(=O)C1CCN(c2ncccc2CNc2n[nH]c(C3CC3)n2)CC1. The molecule has 2 aromatic rings. The Morgan fingerprint density at radius 1 is 1.32 bits per heavy atom. The number of pyridine rings is 1. The number of hydrogen-bond donors (Lipinski definition) is 3. The molecular weight excluding hydrogens is 318 g/mol. The van der Waals surface area contributed by atoms with E-state index in [1.807, 2.05) is 6.07 Å². The Bertz CT molecular complexity index is 747. The van der Waals surface area contributed by atoms with E-state index in [1.165, 1.54) is 12.8 Å². The first-order valence-corrected chi connectivity index (χ1v) is 8.85. The van der Waals surface area contributed by atoms with E-state index in [2.05, 4.69) is 36.4 Å². The second kappa shape index (κ2) is 6.70. The Balaban J connectivity index is 1.41. The summed E-state index contributed by atoms with van der Waals surface area (Å²) in [6, 6.07) is 3.99. The number of rotatable bonds is 6. The Morgan fingerprint density at radius 3 is 2.84 bits per heavy atom. The zero-order valence-corrected chi connectivity index (χ0v) is 14.1. The molecule has 3 heterocycles. The molecule has 0 unspecified atom stereocenters. The van der Waals surface area contributed by atoms with Crippen molar-refractivity contribution in [1.29, 1.82) is 0 Å². The van der Waals surface area contributed by atoms with Crippen molar-refractivity contribution in [3.8, 4) is 0 Å². The molecule has 1 aliphatic carbocycles. The van der Waals surface area contributed by atoms with Gasteiger partial charge < -0.3 is 16.0 Å². The van der Waals surface area contributed by atoms with Crippen LogP contribution in [0, 0.1) is 5.92 Å². The molecule has 0 spiro atoms. The van der Waals surface area contributed by atoms with Crippen molar-refractivity contribution in [2.75, 3.05) is 23.3 Å².